The van der Waals surface area contributed by atoms with E-state index in [1.54, 1.807) is 0 Å². The third kappa shape index (κ3) is 2.12. The summed E-state index contributed by atoms with van der Waals surface area (Å²) >= 11 is 0. The molecule has 1 heteroatoms. The molecule has 1 aliphatic carbocycles. The average Bonchev–Trinajstić information content (AvgIpc) is 2.48. The standard InChI is InChI=1S/C21H21N/c1-14-7-5-11-18(15(14)2)21-19(16-9-6-10-16)13-17-8-3-4-12-20(17)22-21/h3-5,7-8,11-13,16H,6,9-10H2,1-2H3. The fraction of sp³-hybridized carbons (Fsp3) is 0.286. The highest BCUT2D eigenvalue weighted by Crippen LogP contribution is 2.42. The molecule has 0 unspecified atom stereocenters. The maximum absolute atomic E-state index is 5.05. The smallest absolute Gasteiger partial charge is 0.0747 e. The van der Waals surface area contributed by atoms with Gasteiger partial charge in [-0.15, -0.1) is 0 Å². The van der Waals surface area contributed by atoms with Crippen LogP contribution in [-0.2, 0) is 0 Å². The molecule has 110 valence electrons. The normalized spacial score (nSPS) is 15.0. The van der Waals surface area contributed by atoms with E-state index in [1.807, 2.05) is 0 Å². The highest BCUT2D eigenvalue weighted by atomic mass is 14.7. The summed E-state index contributed by atoms with van der Waals surface area (Å²) < 4.78 is 0. The van der Waals surface area contributed by atoms with Crippen molar-refractivity contribution in [1.29, 1.82) is 0 Å². The minimum Gasteiger partial charge on any atom is -0.247 e. The van der Waals surface area contributed by atoms with Crippen molar-refractivity contribution in [1.82, 2.24) is 4.98 Å². The van der Waals surface area contributed by atoms with E-state index in [1.165, 1.54) is 52.6 Å². The molecule has 4 rings (SSSR count). The van der Waals surface area contributed by atoms with E-state index in [0.29, 0.717) is 5.92 Å². The monoisotopic (exact) mass is 287 g/mol. The molecule has 0 bridgehead atoms. The molecular weight excluding hydrogens is 266 g/mol. The van der Waals surface area contributed by atoms with Gasteiger partial charge in [-0.1, -0.05) is 42.8 Å². The second kappa shape index (κ2) is 5.24. The van der Waals surface area contributed by atoms with Gasteiger partial charge in [0.25, 0.3) is 0 Å². The van der Waals surface area contributed by atoms with Gasteiger partial charge >= 0.3 is 0 Å². The number of aromatic nitrogens is 1. The molecule has 1 nitrogen and oxygen atoms in total. The van der Waals surface area contributed by atoms with Crippen molar-refractivity contribution in [3.05, 3.63) is 65.2 Å². The molecule has 2 aromatic carbocycles. The molecule has 1 fully saturated rings. The average molecular weight is 287 g/mol. The number of aryl methyl sites for hydroxylation is 1. The van der Waals surface area contributed by atoms with Crippen LogP contribution in [0.25, 0.3) is 22.2 Å². The number of hydrogen-bond acceptors (Lipinski definition) is 1. The van der Waals surface area contributed by atoms with Crippen LogP contribution in [0.15, 0.2) is 48.5 Å². The first-order chi connectivity index (χ1) is 10.7. The zero-order valence-electron chi connectivity index (χ0n) is 13.3. The number of benzene rings is 2. The summed E-state index contributed by atoms with van der Waals surface area (Å²) in [4.78, 5) is 5.05. The Kier molecular flexibility index (Phi) is 3.22. The molecule has 1 aromatic heterocycles. The number of para-hydroxylation sites is 1. The van der Waals surface area contributed by atoms with E-state index >= 15 is 0 Å². The maximum Gasteiger partial charge on any atom is 0.0747 e. The predicted octanol–water partition coefficient (Wildman–Crippen LogP) is 5.79. The van der Waals surface area contributed by atoms with Gasteiger partial charge in [0, 0.05) is 10.9 Å². The van der Waals surface area contributed by atoms with E-state index in [2.05, 4.69) is 62.4 Å². The molecule has 1 aliphatic rings. The van der Waals surface area contributed by atoms with Crippen LogP contribution in [-0.4, -0.2) is 4.98 Å². The highest BCUT2D eigenvalue weighted by molar-refractivity contribution is 5.84. The summed E-state index contributed by atoms with van der Waals surface area (Å²) in [7, 11) is 0. The molecule has 0 aliphatic heterocycles. The number of rotatable bonds is 2. The Bertz CT molecular complexity index is 844. The minimum absolute atomic E-state index is 0.687. The predicted molar refractivity (Wildman–Crippen MR) is 93.2 cm³/mol. The molecule has 0 saturated heterocycles. The number of fused-ring (bicyclic) bond motifs is 1. The Morgan fingerprint density at radius 2 is 1.77 bits per heavy atom. The van der Waals surface area contributed by atoms with E-state index in [0.717, 1.165) is 5.52 Å². The summed E-state index contributed by atoms with van der Waals surface area (Å²) in [5, 5.41) is 1.26. The van der Waals surface area contributed by atoms with E-state index in [4.69, 9.17) is 4.98 Å². The Morgan fingerprint density at radius 1 is 0.955 bits per heavy atom. The van der Waals surface area contributed by atoms with Gasteiger partial charge in [-0.3, -0.25) is 0 Å². The zero-order chi connectivity index (χ0) is 15.1. The Hall–Kier alpha value is -2.15. The molecule has 0 atom stereocenters. The molecule has 0 spiro atoms. The van der Waals surface area contributed by atoms with Gasteiger partial charge < -0.3 is 0 Å². The number of hydrogen-bond donors (Lipinski definition) is 0. The lowest BCUT2D eigenvalue weighted by Crippen LogP contribution is -2.11. The Morgan fingerprint density at radius 3 is 2.55 bits per heavy atom. The minimum atomic E-state index is 0.687. The Labute approximate surface area is 132 Å². The van der Waals surface area contributed by atoms with Crippen molar-refractivity contribution in [3.63, 3.8) is 0 Å². The van der Waals surface area contributed by atoms with Crippen LogP contribution in [0.1, 0.15) is 41.9 Å². The van der Waals surface area contributed by atoms with Crippen LogP contribution < -0.4 is 0 Å². The lowest BCUT2D eigenvalue weighted by molar-refractivity contribution is 0.420. The second-order valence-electron chi connectivity index (χ2n) is 6.49. The Balaban J connectivity index is 2.00. The topological polar surface area (TPSA) is 12.9 Å². The van der Waals surface area contributed by atoms with Gasteiger partial charge in [0.1, 0.15) is 0 Å². The SMILES string of the molecule is Cc1cccc(-c2nc3ccccc3cc2C2CCC2)c1C. The lowest BCUT2D eigenvalue weighted by Gasteiger charge is -2.28. The number of nitrogens with zero attached hydrogens (tertiary/aromatic N) is 1. The van der Waals surface area contributed by atoms with Crippen molar-refractivity contribution in [2.45, 2.75) is 39.0 Å². The molecule has 0 N–H and O–H groups in total. The largest absolute Gasteiger partial charge is 0.247 e. The van der Waals surface area contributed by atoms with E-state index in [9.17, 15) is 0 Å². The molecular formula is C21H21N. The van der Waals surface area contributed by atoms with Crippen molar-refractivity contribution >= 4 is 10.9 Å². The fourth-order valence-electron chi connectivity index (χ4n) is 3.39. The summed E-state index contributed by atoms with van der Waals surface area (Å²) in [6.07, 6.45) is 3.96. The molecule has 0 radical (unpaired) electrons. The first kappa shape index (κ1) is 13.5. The van der Waals surface area contributed by atoms with Crippen LogP contribution in [0.2, 0.25) is 0 Å². The van der Waals surface area contributed by atoms with Gasteiger partial charge in [-0.2, -0.15) is 0 Å². The quantitative estimate of drug-likeness (QED) is 0.581. The summed E-state index contributed by atoms with van der Waals surface area (Å²) in [6, 6.07) is 17.4. The van der Waals surface area contributed by atoms with Gasteiger partial charge in [-0.05, 0) is 61.4 Å². The maximum atomic E-state index is 5.05. The summed E-state index contributed by atoms with van der Waals surface area (Å²) in [6.45, 7) is 4.40. The molecule has 1 heterocycles. The van der Waals surface area contributed by atoms with Crippen molar-refractivity contribution in [2.75, 3.05) is 0 Å². The summed E-state index contributed by atoms with van der Waals surface area (Å²) in [5.74, 6) is 0.687. The van der Waals surface area contributed by atoms with Crippen molar-refractivity contribution < 1.29 is 0 Å². The van der Waals surface area contributed by atoms with Gasteiger partial charge in [0.2, 0.25) is 0 Å². The van der Waals surface area contributed by atoms with Gasteiger partial charge in [0.05, 0.1) is 11.2 Å². The second-order valence-corrected chi connectivity index (χ2v) is 6.49. The highest BCUT2D eigenvalue weighted by Gasteiger charge is 2.24. The number of pyridine rings is 1. The van der Waals surface area contributed by atoms with E-state index < -0.39 is 0 Å². The van der Waals surface area contributed by atoms with Crippen LogP contribution in [0.4, 0.5) is 0 Å². The van der Waals surface area contributed by atoms with Crippen LogP contribution in [0.5, 0.6) is 0 Å². The lowest BCUT2D eigenvalue weighted by atomic mass is 9.77. The van der Waals surface area contributed by atoms with Crippen molar-refractivity contribution in [3.8, 4) is 11.3 Å². The van der Waals surface area contributed by atoms with Crippen molar-refractivity contribution in [2.24, 2.45) is 0 Å². The molecule has 0 amide bonds. The van der Waals surface area contributed by atoms with Crippen LogP contribution in [0.3, 0.4) is 0 Å². The molecule has 22 heavy (non-hydrogen) atoms. The summed E-state index contributed by atoms with van der Waals surface area (Å²) in [5.41, 5.74) is 7.73. The van der Waals surface area contributed by atoms with Crippen LogP contribution in [0, 0.1) is 13.8 Å². The zero-order valence-corrected chi connectivity index (χ0v) is 13.3. The van der Waals surface area contributed by atoms with E-state index in [-0.39, 0.29) is 0 Å². The first-order valence-electron chi connectivity index (χ1n) is 8.20. The molecule has 1 saturated carbocycles. The van der Waals surface area contributed by atoms with Gasteiger partial charge in [-0.25, -0.2) is 4.98 Å². The van der Waals surface area contributed by atoms with Crippen LogP contribution >= 0.6 is 0 Å². The molecule has 3 aromatic rings. The third-order valence-corrected chi connectivity index (χ3v) is 5.16. The fourth-order valence-corrected chi connectivity index (χ4v) is 3.39. The third-order valence-electron chi connectivity index (χ3n) is 5.16. The first-order valence-corrected chi connectivity index (χ1v) is 8.20. The van der Waals surface area contributed by atoms with Gasteiger partial charge in [0.15, 0.2) is 0 Å².